The van der Waals surface area contributed by atoms with Crippen LogP contribution in [-0.2, 0) is 76.1 Å². The lowest BCUT2D eigenvalue weighted by atomic mass is 9.95. The number of ketones is 1. The summed E-state index contributed by atoms with van der Waals surface area (Å²) >= 11 is 9.72. The van der Waals surface area contributed by atoms with Gasteiger partial charge in [-0.2, -0.15) is 56.8 Å². The van der Waals surface area contributed by atoms with Gasteiger partial charge in [-0.1, -0.05) is 201 Å². The zero-order chi connectivity index (χ0) is 103. The third kappa shape index (κ3) is 33.8. The molecule has 0 saturated heterocycles. The van der Waals surface area contributed by atoms with E-state index < -0.39 is 51.5 Å². The molecule has 3 N–H and O–H groups in total. The second kappa shape index (κ2) is 55.2. The number of aliphatic hydroxyl groups is 1. The van der Waals surface area contributed by atoms with Crippen molar-refractivity contribution in [3.05, 3.63) is 338 Å². The normalized spacial score (nSPS) is 14.0. The lowest BCUT2D eigenvalue weighted by molar-refractivity contribution is -0.132. The molecular formula is C107H116ClF6N13O16S3. The summed E-state index contributed by atoms with van der Waals surface area (Å²) in [7, 11) is -2.46. The van der Waals surface area contributed by atoms with Crippen LogP contribution in [-0.4, -0.2) is 150 Å². The maximum absolute atomic E-state index is 13.3. The second-order valence-electron chi connectivity index (χ2n) is 34.6. The number of hydrogen-bond acceptors (Lipinski definition) is 30. The third-order valence-corrected chi connectivity index (χ3v) is 26.8. The SMILES string of the molecule is C.CC(C)(C)c1noc(COc2ccc(C(=O)c3ccc(F)cc3)cc2)n1.CCOc1cc(CN(C(=O)CCc2nc(-c3ccsc3)no2)C2CC2)ccc1OC(C)F.CCSC1CCCCC1NCc1nc(-c2ccc(OC(F)F)c(OC)c2)no1.CCc1noc(CS(=O)(=O)C(c2ccc(F)cc2)c2ccc(F)cc2)n1.OC(CNC(Cc1ccccc1)c1nc(-c2ccccc2)no1)COCc1ccccc1Cl. The number of nitrogens with zero attached hydrogens (tertiary/aromatic N) is 11. The van der Waals surface area contributed by atoms with Crippen LogP contribution in [0, 0.1) is 17.5 Å². The number of methoxy groups -OCH3 is 1. The Morgan fingerprint density at radius 3 is 1.84 bits per heavy atom. The minimum atomic E-state index is -3.84. The average molecular weight is 2090 g/mol. The Hall–Kier alpha value is -13.5. The molecular weight excluding hydrogens is 1970 g/mol. The van der Waals surface area contributed by atoms with Crippen molar-refractivity contribution in [2.75, 3.05) is 32.6 Å². The van der Waals surface area contributed by atoms with Crippen molar-refractivity contribution in [3.8, 4) is 62.9 Å². The molecule has 6 aromatic heterocycles. The Morgan fingerprint density at radius 1 is 0.610 bits per heavy atom. The second-order valence-corrected chi connectivity index (χ2v) is 39.4. The van der Waals surface area contributed by atoms with Gasteiger partial charge in [-0.3, -0.25) is 9.59 Å². The van der Waals surface area contributed by atoms with E-state index >= 15 is 0 Å². The number of sulfone groups is 1. The summed E-state index contributed by atoms with van der Waals surface area (Å²) in [6.45, 7) is 12.6. The number of aromatic nitrogens is 10. The van der Waals surface area contributed by atoms with Gasteiger partial charge in [0, 0.05) is 100 Å². The molecule has 0 aliphatic heterocycles. The minimum absolute atomic E-state index is 0. The zero-order valence-corrected chi connectivity index (χ0v) is 84.1. The Labute approximate surface area is 856 Å². The number of hydrogen-bond donors (Lipinski definition) is 3. The Balaban J connectivity index is 0.000000163. The van der Waals surface area contributed by atoms with Crippen molar-refractivity contribution in [3.63, 3.8) is 0 Å². The number of carbonyl (C=O) groups excluding carboxylic acids is 2. The Bertz CT molecular complexity index is 6580. The topological polar surface area (TPSA) is 366 Å². The van der Waals surface area contributed by atoms with Crippen molar-refractivity contribution in [1.29, 1.82) is 0 Å². The molecule has 2 aliphatic carbocycles. The number of aryl methyl sites for hydroxylation is 2. The molecule has 0 radical (unpaired) electrons. The van der Waals surface area contributed by atoms with E-state index in [1.165, 1.54) is 112 Å². The lowest BCUT2D eigenvalue weighted by Crippen LogP contribution is -2.40. The van der Waals surface area contributed by atoms with Crippen LogP contribution in [0.2, 0.25) is 5.02 Å². The highest BCUT2D eigenvalue weighted by Gasteiger charge is 2.35. The molecule has 0 spiro atoms. The van der Waals surface area contributed by atoms with E-state index in [1.807, 2.05) is 165 Å². The van der Waals surface area contributed by atoms with E-state index in [0.717, 1.165) is 52.8 Å². The molecule has 146 heavy (non-hydrogen) atoms. The van der Waals surface area contributed by atoms with Crippen molar-refractivity contribution >= 4 is 56.2 Å². The number of thioether (sulfide) groups is 1. The Morgan fingerprint density at radius 2 is 1.22 bits per heavy atom. The maximum Gasteiger partial charge on any atom is 0.387 e. The van der Waals surface area contributed by atoms with E-state index in [4.69, 9.17) is 57.9 Å². The van der Waals surface area contributed by atoms with Gasteiger partial charge in [-0.15, -0.1) is 0 Å². The summed E-state index contributed by atoms with van der Waals surface area (Å²) in [5.41, 5.74) is 6.80. The highest BCUT2D eigenvalue weighted by Crippen LogP contribution is 2.39. The van der Waals surface area contributed by atoms with E-state index in [-0.39, 0.29) is 73.0 Å². The highest BCUT2D eigenvalue weighted by atomic mass is 35.5. The van der Waals surface area contributed by atoms with Gasteiger partial charge in [0.15, 0.2) is 56.9 Å². The number of ether oxygens (including phenoxy) is 6. The fourth-order valence-corrected chi connectivity index (χ4v) is 18.9. The molecule has 0 bridgehead atoms. The van der Waals surface area contributed by atoms with E-state index in [0.29, 0.717) is 173 Å². The van der Waals surface area contributed by atoms with Crippen LogP contribution in [0.3, 0.4) is 0 Å². The van der Waals surface area contributed by atoms with E-state index in [1.54, 1.807) is 53.8 Å². The fraction of sp³-hybridized carbons (Fsp3) is 0.346. The van der Waals surface area contributed by atoms with E-state index in [2.05, 4.69) is 73.0 Å². The molecule has 772 valence electrons. The van der Waals surface area contributed by atoms with Gasteiger partial charge >= 0.3 is 6.61 Å². The smallest absolute Gasteiger partial charge is 0.387 e. The summed E-state index contributed by atoms with van der Waals surface area (Å²) in [6.07, 6.45) is 6.60. The number of alkyl halides is 3. The molecule has 6 heterocycles. The number of rotatable bonds is 42. The Kier molecular flexibility index (Phi) is 42.1. The molecule has 1 amide bonds. The van der Waals surface area contributed by atoms with Crippen LogP contribution in [0.4, 0.5) is 26.3 Å². The van der Waals surface area contributed by atoms with Gasteiger partial charge in [0.05, 0.1) is 45.6 Å². The monoisotopic (exact) mass is 2080 g/mol. The summed E-state index contributed by atoms with van der Waals surface area (Å²) in [5.74, 6) is 5.01. The third-order valence-electron chi connectivity index (χ3n) is 22.5. The summed E-state index contributed by atoms with van der Waals surface area (Å²) in [4.78, 5) is 49.0. The van der Waals surface area contributed by atoms with Gasteiger partial charge in [-0.25, -0.2) is 26.0 Å². The molecule has 2 fully saturated rings. The van der Waals surface area contributed by atoms with Crippen LogP contribution >= 0.6 is 34.7 Å². The fourth-order valence-electron chi connectivity index (χ4n) is 15.1. The quantitative estimate of drug-likeness (QED) is 0.0236. The zero-order valence-electron chi connectivity index (χ0n) is 80.9. The first-order valence-electron chi connectivity index (χ1n) is 47.1. The van der Waals surface area contributed by atoms with Gasteiger partial charge in [-0.05, 0) is 193 Å². The van der Waals surface area contributed by atoms with Gasteiger partial charge < -0.3 is 71.7 Å². The largest absolute Gasteiger partial charge is 0.493 e. The van der Waals surface area contributed by atoms with E-state index in [9.17, 15) is 49.5 Å². The molecule has 9 aromatic carbocycles. The number of thiophene rings is 1. The standard InChI is InChI=1S/C26H26ClN3O3.C23H26FN3O4S.C20H19FN2O3.C19H25F2N3O3S.C18H16F2N2O3S.CH4/c27-23-14-8-7-13-21(23)17-32-18-22(31)16-28-24(15-19-9-3-1-4-10-19)26-29-25(30-33-26)20-11-5-2-6-12-20;1-3-29-20-12-16(4-7-19(20)30-15(2)24)13-27(18-5-6-18)22(28)9-8-21-25-23(26-31-21)17-10-11-32-14-17;1-20(2,3)19-22-17(26-23-19)12-25-16-10-6-14(7-11-16)18(24)13-4-8-15(21)9-5-13;1-3-28-16-7-5-4-6-13(16)22-11-17-23-18(24-27-17)12-8-9-14(26-19(20)21)15(10-12)25-2;1-2-16-21-17(25-22-16)11-26(23,24)18(12-3-7-14(19)8-4-12)13-5-9-15(20)10-6-13;/h1-14,22,24,28,31H,15-18H2;4,7,10-12,14-15,18H,3,5-6,8-9,13H2,1-2H3;4-11H,12H2,1-3H3;8-10,13,16,19,22H,3-7,11H2,1-2H3;3-10,18H,2,11H2,1H3;1H4. The van der Waals surface area contributed by atoms with Crippen molar-refractivity contribution in [2.45, 2.75) is 205 Å². The van der Waals surface area contributed by atoms with Crippen LogP contribution in [0.5, 0.6) is 28.7 Å². The summed E-state index contributed by atoms with van der Waals surface area (Å²) in [5, 5.41) is 41.2. The van der Waals surface area contributed by atoms with Crippen molar-refractivity contribution in [2.24, 2.45) is 0 Å². The van der Waals surface area contributed by atoms with Crippen molar-refractivity contribution in [1.82, 2.24) is 66.2 Å². The first-order valence-corrected chi connectivity index (χ1v) is 51.2. The summed E-state index contributed by atoms with van der Waals surface area (Å²) < 4.78 is 162. The molecule has 2 saturated carbocycles. The number of amides is 1. The molecule has 5 atom stereocenters. The molecule has 2 aliphatic rings. The minimum Gasteiger partial charge on any atom is -0.493 e. The number of halogens is 7. The molecule has 39 heteroatoms. The number of nitrogens with one attached hydrogen (secondary N) is 2. The highest BCUT2D eigenvalue weighted by molar-refractivity contribution is 7.99. The van der Waals surface area contributed by atoms with Crippen LogP contribution in [0.15, 0.2) is 258 Å². The van der Waals surface area contributed by atoms with Crippen LogP contribution < -0.4 is 34.3 Å². The molecule has 17 rings (SSSR count). The molecule has 5 unspecified atom stereocenters. The van der Waals surface area contributed by atoms with Gasteiger partial charge in [0.1, 0.15) is 34.2 Å². The van der Waals surface area contributed by atoms with Crippen molar-refractivity contribution < 1.29 is 100 Å². The van der Waals surface area contributed by atoms with Crippen LogP contribution in [0.25, 0.3) is 34.2 Å². The number of carbonyl (C=O) groups is 2. The molecule has 29 nitrogen and oxygen atoms in total. The predicted molar refractivity (Wildman–Crippen MR) is 541 cm³/mol. The van der Waals surface area contributed by atoms with Gasteiger partial charge in [0.25, 0.3) is 5.89 Å². The maximum atomic E-state index is 13.3. The first kappa shape index (κ1) is 111. The predicted octanol–water partition coefficient (Wildman–Crippen LogP) is 22.9. The lowest BCUT2D eigenvalue weighted by Gasteiger charge is -2.31. The van der Waals surface area contributed by atoms with Gasteiger partial charge in [0.2, 0.25) is 53.3 Å². The average Bonchev–Trinajstić information content (AvgIpc) is 1.05. The molecule has 15 aromatic rings. The summed E-state index contributed by atoms with van der Waals surface area (Å²) in [6, 6.07) is 62.0. The number of benzene rings is 9. The van der Waals surface area contributed by atoms with Crippen LogP contribution in [0.1, 0.15) is 197 Å². The first-order chi connectivity index (χ1) is 70.0. The number of aliphatic hydroxyl groups excluding tert-OH is 1.